The second kappa shape index (κ2) is 7.79. The van der Waals surface area contributed by atoms with E-state index in [1.165, 1.54) is 5.56 Å². The van der Waals surface area contributed by atoms with Crippen molar-refractivity contribution in [3.63, 3.8) is 0 Å². The van der Waals surface area contributed by atoms with Gasteiger partial charge in [-0.1, -0.05) is 6.07 Å². The monoisotopic (exact) mass is 434 g/mol. The maximum absolute atomic E-state index is 11.7. The van der Waals surface area contributed by atoms with Crippen molar-refractivity contribution in [1.29, 1.82) is 0 Å². The minimum Gasteiger partial charge on any atom is -0.444 e. The number of alkyl carbamates (subject to hydrolysis) is 1. The summed E-state index contributed by atoms with van der Waals surface area (Å²) in [5.41, 5.74) is 0.447. The molecule has 6 heteroatoms. The van der Waals surface area contributed by atoms with Gasteiger partial charge in [0.15, 0.2) is 0 Å². The zero-order valence-electron chi connectivity index (χ0n) is 13.7. The molecule has 0 unspecified atom stereocenters. The van der Waals surface area contributed by atoms with Gasteiger partial charge < -0.3 is 15.4 Å². The van der Waals surface area contributed by atoms with Gasteiger partial charge in [0.25, 0.3) is 0 Å². The molecular weight excluding hydrogens is 412 g/mol. The van der Waals surface area contributed by atoms with E-state index in [9.17, 15) is 4.79 Å². The molecule has 0 aliphatic heterocycles. The SMILES string of the molecule is CC(C)(CNC(=O)OC(C)(C)C)NCc1ccc(Br)c(Br)c1. The van der Waals surface area contributed by atoms with Crippen molar-refractivity contribution in [3.8, 4) is 0 Å². The van der Waals surface area contributed by atoms with Gasteiger partial charge in [0.05, 0.1) is 0 Å². The Kier molecular flexibility index (Phi) is 6.89. The van der Waals surface area contributed by atoms with Crippen LogP contribution < -0.4 is 10.6 Å². The molecule has 1 aromatic rings. The highest BCUT2D eigenvalue weighted by atomic mass is 79.9. The van der Waals surface area contributed by atoms with E-state index in [-0.39, 0.29) is 5.54 Å². The van der Waals surface area contributed by atoms with E-state index >= 15 is 0 Å². The number of carbonyl (C=O) groups is 1. The van der Waals surface area contributed by atoms with E-state index in [4.69, 9.17) is 4.74 Å². The molecule has 124 valence electrons. The van der Waals surface area contributed by atoms with Gasteiger partial charge in [-0.25, -0.2) is 4.79 Å². The van der Waals surface area contributed by atoms with Crippen LogP contribution in [0.4, 0.5) is 4.79 Å². The third kappa shape index (κ3) is 7.61. The number of benzene rings is 1. The number of nitrogens with one attached hydrogen (secondary N) is 2. The van der Waals surface area contributed by atoms with Crippen molar-refractivity contribution in [2.45, 2.75) is 52.3 Å². The Labute approximate surface area is 149 Å². The topological polar surface area (TPSA) is 50.4 Å². The van der Waals surface area contributed by atoms with Crippen LogP contribution in [0, 0.1) is 0 Å². The van der Waals surface area contributed by atoms with Crippen LogP contribution in [0.1, 0.15) is 40.2 Å². The Hall–Kier alpha value is -0.590. The number of halogens is 2. The van der Waals surface area contributed by atoms with Crippen LogP contribution in [0.5, 0.6) is 0 Å². The van der Waals surface area contributed by atoms with Gasteiger partial charge in [0, 0.05) is 27.6 Å². The van der Waals surface area contributed by atoms with Gasteiger partial charge in [0.2, 0.25) is 0 Å². The predicted octanol–water partition coefficient (Wildman–Crippen LogP) is 4.60. The van der Waals surface area contributed by atoms with E-state index in [1.807, 2.05) is 40.7 Å². The van der Waals surface area contributed by atoms with Crippen molar-refractivity contribution in [2.75, 3.05) is 6.54 Å². The average molecular weight is 436 g/mol. The molecule has 1 aromatic carbocycles. The van der Waals surface area contributed by atoms with Crippen LogP contribution in [0.25, 0.3) is 0 Å². The molecule has 0 heterocycles. The van der Waals surface area contributed by atoms with Crippen molar-refractivity contribution < 1.29 is 9.53 Å². The Morgan fingerprint density at radius 3 is 2.32 bits per heavy atom. The number of ether oxygens (including phenoxy) is 1. The molecule has 1 amide bonds. The molecule has 2 N–H and O–H groups in total. The van der Waals surface area contributed by atoms with Crippen molar-refractivity contribution in [2.24, 2.45) is 0 Å². The lowest BCUT2D eigenvalue weighted by Gasteiger charge is -2.28. The second-order valence-corrected chi connectivity index (χ2v) is 8.55. The molecule has 0 fully saturated rings. The van der Waals surface area contributed by atoms with Crippen LogP contribution in [0.3, 0.4) is 0 Å². The first kappa shape index (κ1) is 19.5. The number of hydrogen-bond acceptors (Lipinski definition) is 3. The Balaban J connectivity index is 2.46. The third-order valence-electron chi connectivity index (χ3n) is 2.83. The predicted molar refractivity (Wildman–Crippen MR) is 97.0 cm³/mol. The van der Waals surface area contributed by atoms with Crippen molar-refractivity contribution in [3.05, 3.63) is 32.7 Å². The first-order chi connectivity index (χ1) is 9.98. The van der Waals surface area contributed by atoms with E-state index in [0.717, 1.165) is 15.5 Å². The molecule has 0 aliphatic rings. The molecule has 0 aromatic heterocycles. The number of hydrogen-bond donors (Lipinski definition) is 2. The second-order valence-electron chi connectivity index (χ2n) is 6.84. The molecule has 0 saturated heterocycles. The zero-order chi connectivity index (χ0) is 17.0. The van der Waals surface area contributed by atoms with E-state index in [2.05, 4.69) is 54.6 Å². The molecule has 0 atom stereocenters. The van der Waals surface area contributed by atoms with E-state index < -0.39 is 11.7 Å². The lowest BCUT2D eigenvalue weighted by Crippen LogP contribution is -2.49. The molecule has 0 bridgehead atoms. The summed E-state index contributed by atoms with van der Waals surface area (Å²) in [6, 6.07) is 6.13. The maximum Gasteiger partial charge on any atom is 0.407 e. The fourth-order valence-electron chi connectivity index (χ4n) is 1.66. The molecular formula is C16H24Br2N2O2. The molecule has 22 heavy (non-hydrogen) atoms. The molecule has 0 radical (unpaired) electrons. The lowest BCUT2D eigenvalue weighted by atomic mass is 10.1. The van der Waals surface area contributed by atoms with E-state index in [1.54, 1.807) is 0 Å². The minimum atomic E-state index is -0.481. The standard InChI is InChI=1S/C16H24Br2N2O2/c1-15(2,3)22-14(21)19-10-16(4,5)20-9-11-6-7-12(17)13(18)8-11/h6-8,20H,9-10H2,1-5H3,(H,19,21). The Bertz CT molecular complexity index is 525. The Morgan fingerprint density at radius 2 is 1.77 bits per heavy atom. The summed E-state index contributed by atoms with van der Waals surface area (Å²) in [5.74, 6) is 0. The van der Waals surface area contributed by atoms with Gasteiger partial charge in [0.1, 0.15) is 5.60 Å². The highest BCUT2D eigenvalue weighted by Crippen LogP contribution is 2.23. The van der Waals surface area contributed by atoms with Crippen LogP contribution in [-0.4, -0.2) is 23.8 Å². The quantitative estimate of drug-likeness (QED) is 0.710. The van der Waals surface area contributed by atoms with Gasteiger partial charge in [-0.2, -0.15) is 0 Å². The molecule has 1 rings (SSSR count). The summed E-state index contributed by atoms with van der Waals surface area (Å²) in [5, 5.41) is 6.23. The highest BCUT2D eigenvalue weighted by molar-refractivity contribution is 9.13. The van der Waals surface area contributed by atoms with Crippen molar-refractivity contribution >= 4 is 38.0 Å². The number of rotatable bonds is 5. The first-order valence-corrected chi connectivity index (χ1v) is 8.73. The van der Waals surface area contributed by atoms with Crippen LogP contribution in [0.15, 0.2) is 27.1 Å². The molecule has 0 spiro atoms. The average Bonchev–Trinajstić information content (AvgIpc) is 2.36. The Morgan fingerprint density at radius 1 is 1.14 bits per heavy atom. The third-order valence-corrected chi connectivity index (χ3v) is 4.71. The molecule has 0 aliphatic carbocycles. The van der Waals surface area contributed by atoms with Gasteiger partial charge in [-0.05, 0) is 84.2 Å². The molecule has 4 nitrogen and oxygen atoms in total. The van der Waals surface area contributed by atoms with Crippen molar-refractivity contribution in [1.82, 2.24) is 10.6 Å². The normalized spacial score (nSPS) is 12.1. The van der Waals surface area contributed by atoms with Crippen LogP contribution >= 0.6 is 31.9 Å². The van der Waals surface area contributed by atoms with Crippen LogP contribution in [0.2, 0.25) is 0 Å². The summed E-state index contributed by atoms with van der Waals surface area (Å²) < 4.78 is 7.29. The fraction of sp³-hybridized carbons (Fsp3) is 0.562. The summed E-state index contributed by atoms with van der Waals surface area (Å²) in [4.78, 5) is 11.7. The summed E-state index contributed by atoms with van der Waals surface area (Å²) in [7, 11) is 0. The summed E-state index contributed by atoms with van der Waals surface area (Å²) in [6.07, 6.45) is -0.395. The van der Waals surface area contributed by atoms with Gasteiger partial charge >= 0.3 is 6.09 Å². The summed E-state index contributed by atoms with van der Waals surface area (Å²) in [6.45, 7) is 10.8. The number of carbonyl (C=O) groups excluding carboxylic acids is 1. The van der Waals surface area contributed by atoms with E-state index in [0.29, 0.717) is 6.54 Å². The van der Waals surface area contributed by atoms with Crippen LogP contribution in [-0.2, 0) is 11.3 Å². The number of amides is 1. The van der Waals surface area contributed by atoms with Gasteiger partial charge in [-0.15, -0.1) is 0 Å². The smallest absolute Gasteiger partial charge is 0.407 e. The maximum atomic E-state index is 11.7. The zero-order valence-corrected chi connectivity index (χ0v) is 16.9. The minimum absolute atomic E-state index is 0.240. The lowest BCUT2D eigenvalue weighted by molar-refractivity contribution is 0.0513. The summed E-state index contributed by atoms with van der Waals surface area (Å²) >= 11 is 6.95. The fourth-order valence-corrected chi connectivity index (χ4v) is 2.33. The largest absolute Gasteiger partial charge is 0.444 e. The highest BCUT2D eigenvalue weighted by Gasteiger charge is 2.21. The first-order valence-electron chi connectivity index (χ1n) is 7.14. The molecule has 0 saturated carbocycles. The van der Waals surface area contributed by atoms with Gasteiger partial charge in [-0.3, -0.25) is 0 Å².